The van der Waals surface area contributed by atoms with Crippen molar-refractivity contribution in [3.05, 3.63) is 39.9 Å². The molecule has 1 aromatic rings. The van der Waals surface area contributed by atoms with Crippen molar-refractivity contribution in [1.29, 1.82) is 0 Å². The molecule has 6 heteroatoms. The number of ether oxygens (including phenoxy) is 2. The third-order valence-corrected chi connectivity index (χ3v) is 14.0. The number of esters is 2. The van der Waals surface area contributed by atoms with Crippen molar-refractivity contribution in [2.75, 3.05) is 26.5 Å². The van der Waals surface area contributed by atoms with Crippen LogP contribution in [0.3, 0.4) is 0 Å². The Kier molecular flexibility index (Phi) is 6.81. The normalized spacial score (nSPS) is 24.5. The van der Waals surface area contributed by atoms with Gasteiger partial charge in [0.1, 0.15) is 0 Å². The minimum atomic E-state index is -3.47. The van der Waals surface area contributed by atoms with Crippen molar-refractivity contribution in [2.24, 2.45) is 11.8 Å². The molecule has 0 radical (unpaired) electrons. The van der Waals surface area contributed by atoms with Gasteiger partial charge in [-0.1, -0.05) is 0 Å². The maximum atomic E-state index is 13.4. The molecule has 0 bridgehead atoms. The van der Waals surface area contributed by atoms with Gasteiger partial charge < -0.3 is 0 Å². The number of benzene rings is 1. The molecule has 0 N–H and O–H groups in total. The molecule has 1 aromatic carbocycles. The number of carbonyl (C=O) groups excluding carboxylic acids is 2. The van der Waals surface area contributed by atoms with Gasteiger partial charge in [-0.3, -0.25) is 0 Å². The van der Waals surface area contributed by atoms with Gasteiger partial charge in [-0.25, -0.2) is 0 Å². The quantitative estimate of drug-likeness (QED) is 0.371. The van der Waals surface area contributed by atoms with Crippen LogP contribution in [0.25, 0.3) is 0 Å². The first-order chi connectivity index (χ1) is 15.3. The molecule has 0 saturated carbocycles. The second-order valence-corrected chi connectivity index (χ2v) is 15.6. The molecule has 0 aliphatic carbocycles. The van der Waals surface area contributed by atoms with Crippen LogP contribution in [-0.4, -0.2) is 38.5 Å². The fraction of sp³-hybridized carbons (Fsp3) is 0.630. The first kappa shape index (κ1) is 25.7. The number of hydrogen-bond acceptors (Lipinski definition) is 5. The van der Waals surface area contributed by atoms with E-state index in [1.54, 1.807) is 0 Å². The summed E-state index contributed by atoms with van der Waals surface area (Å²) in [7, 11) is 2.70. The van der Waals surface area contributed by atoms with Gasteiger partial charge >= 0.3 is 199 Å². The summed E-state index contributed by atoms with van der Waals surface area (Å²) in [6, 6.07) is 4.61. The van der Waals surface area contributed by atoms with Crippen LogP contribution in [0, 0.1) is 11.8 Å². The Bertz CT molecular complexity index is 965. The van der Waals surface area contributed by atoms with Gasteiger partial charge in [-0.2, -0.15) is 0 Å². The summed E-state index contributed by atoms with van der Waals surface area (Å²) in [4.78, 5) is 26.1. The van der Waals surface area contributed by atoms with Crippen molar-refractivity contribution < 1.29 is 23.6 Å². The van der Waals surface area contributed by atoms with Crippen molar-refractivity contribution in [3.63, 3.8) is 0 Å². The van der Waals surface area contributed by atoms with E-state index in [9.17, 15) is 9.59 Å². The number of hydrogen-bond donors (Lipinski definition) is 0. The van der Waals surface area contributed by atoms with Crippen LogP contribution in [-0.2, 0) is 23.6 Å². The van der Waals surface area contributed by atoms with Gasteiger partial charge in [-0.15, -0.1) is 0 Å². The van der Waals surface area contributed by atoms with Crippen LogP contribution in [0.5, 0.6) is 0 Å². The maximum absolute atomic E-state index is 13.4. The van der Waals surface area contributed by atoms with Crippen molar-refractivity contribution >= 4 is 24.1 Å². The Balaban J connectivity index is 2.53. The van der Waals surface area contributed by atoms with Crippen molar-refractivity contribution in [3.8, 4) is 0 Å². The fourth-order valence-electron chi connectivity index (χ4n) is 5.90. The SMILES string of the molecule is COC(=O)C1=C(C(=O)OC)P2(c3c(C(C)C)cc(C(C)C)cc3C(C)C)(C[C@@H](C)[C@@H](C)C2)O1. The van der Waals surface area contributed by atoms with Crippen LogP contribution < -0.4 is 5.30 Å². The predicted octanol–water partition coefficient (Wildman–Crippen LogP) is 6.02. The summed E-state index contributed by atoms with van der Waals surface area (Å²) in [6.45, 7) is 14.2. The molecule has 0 aromatic heterocycles. The summed E-state index contributed by atoms with van der Waals surface area (Å²) in [5.41, 5.74) is 3.75. The van der Waals surface area contributed by atoms with E-state index in [2.05, 4.69) is 67.5 Å². The zero-order valence-electron chi connectivity index (χ0n) is 21.9. The van der Waals surface area contributed by atoms with Crippen LogP contribution in [0.1, 0.15) is 89.8 Å². The van der Waals surface area contributed by atoms with Gasteiger partial charge in [0.25, 0.3) is 0 Å². The number of methoxy groups -OCH3 is 2. The monoisotopic (exact) mass is 476 g/mol. The average molecular weight is 477 g/mol. The van der Waals surface area contributed by atoms with E-state index < -0.39 is 18.8 Å². The molecule has 1 saturated heterocycles. The van der Waals surface area contributed by atoms with Gasteiger partial charge in [0.2, 0.25) is 0 Å². The van der Waals surface area contributed by atoms with Gasteiger partial charge in [-0.05, 0) is 0 Å². The fourth-order valence-corrected chi connectivity index (χ4v) is 13.9. The number of rotatable bonds is 6. The van der Waals surface area contributed by atoms with Crippen LogP contribution in [0.2, 0.25) is 0 Å². The molecule has 2 aliphatic rings. The van der Waals surface area contributed by atoms with E-state index in [0.717, 1.165) is 12.3 Å². The molecule has 2 heterocycles. The topological polar surface area (TPSA) is 61.8 Å². The molecule has 2 aliphatic heterocycles. The Labute approximate surface area is 199 Å². The van der Waals surface area contributed by atoms with E-state index in [0.29, 0.717) is 23.1 Å². The summed E-state index contributed by atoms with van der Waals surface area (Å²) < 4.78 is 17.1. The molecule has 5 nitrogen and oxygen atoms in total. The summed E-state index contributed by atoms with van der Waals surface area (Å²) in [6.07, 6.45) is 1.50. The van der Waals surface area contributed by atoms with Crippen LogP contribution >= 0.6 is 6.83 Å². The summed E-state index contributed by atoms with van der Waals surface area (Å²) >= 11 is 0. The standard InChI is InChI=1S/C27H41O5P/c1-15(2)20-11-21(16(3)4)24(22(12-20)17(5)6)33(13-18(7)19(8)14-33)25(27(29)31-10)23(32-33)26(28)30-9/h11-12,15-19H,13-14H2,1-10H3/t18-,19+. The second kappa shape index (κ2) is 8.73. The van der Waals surface area contributed by atoms with Crippen molar-refractivity contribution in [2.45, 2.75) is 73.1 Å². The molecule has 3 rings (SSSR count). The second-order valence-electron chi connectivity index (χ2n) is 11.0. The molecule has 1 fully saturated rings. The molecule has 2 atom stereocenters. The first-order valence-electron chi connectivity index (χ1n) is 12.1. The third kappa shape index (κ3) is 3.71. The van der Waals surface area contributed by atoms with Gasteiger partial charge in [0.15, 0.2) is 0 Å². The molecule has 0 unspecified atom stereocenters. The minimum absolute atomic E-state index is 0.0423. The van der Waals surface area contributed by atoms with Crippen molar-refractivity contribution in [1.82, 2.24) is 0 Å². The summed E-state index contributed by atoms with van der Waals surface area (Å²) in [5, 5.41) is 1.63. The van der Waals surface area contributed by atoms with E-state index >= 15 is 0 Å². The Morgan fingerprint density at radius 3 is 1.67 bits per heavy atom. The van der Waals surface area contributed by atoms with Gasteiger partial charge in [0.05, 0.1) is 0 Å². The molecular formula is C27H41O5P. The third-order valence-electron chi connectivity index (χ3n) is 7.74. The molecule has 33 heavy (non-hydrogen) atoms. The zero-order valence-corrected chi connectivity index (χ0v) is 22.8. The first-order valence-corrected chi connectivity index (χ1v) is 14.7. The Morgan fingerprint density at radius 2 is 1.30 bits per heavy atom. The van der Waals surface area contributed by atoms with E-state index in [4.69, 9.17) is 14.0 Å². The zero-order chi connectivity index (χ0) is 24.9. The van der Waals surface area contributed by atoms with E-state index in [1.807, 2.05) is 0 Å². The van der Waals surface area contributed by atoms with Crippen LogP contribution in [0.15, 0.2) is 23.2 Å². The summed E-state index contributed by atoms with van der Waals surface area (Å²) in [5.74, 6) is 0.547. The molecular weight excluding hydrogens is 435 g/mol. The molecule has 0 amide bonds. The van der Waals surface area contributed by atoms with E-state index in [-0.39, 0.29) is 17.6 Å². The Hall–Kier alpha value is -1.87. The molecule has 184 valence electrons. The van der Waals surface area contributed by atoms with Gasteiger partial charge in [0, 0.05) is 0 Å². The Morgan fingerprint density at radius 1 is 0.848 bits per heavy atom. The number of carbonyl (C=O) groups is 2. The van der Waals surface area contributed by atoms with Crippen LogP contribution in [0.4, 0.5) is 0 Å². The van der Waals surface area contributed by atoms with E-state index in [1.165, 1.54) is 36.2 Å². The predicted molar refractivity (Wildman–Crippen MR) is 135 cm³/mol. The average Bonchev–Trinajstić information content (AvgIpc) is 3.03. The molecule has 1 spiro atoms.